The predicted molar refractivity (Wildman–Crippen MR) is 142 cm³/mol. The van der Waals surface area contributed by atoms with E-state index in [1.807, 2.05) is 0 Å². The number of hydrogen-bond acceptors (Lipinski definition) is 9. The Bertz CT molecular complexity index is 1400. The second-order valence-electron chi connectivity index (χ2n) is 9.11. The average Bonchev–Trinajstić information content (AvgIpc) is 3.09. The van der Waals surface area contributed by atoms with Gasteiger partial charge in [-0.2, -0.15) is 8.42 Å². The third kappa shape index (κ3) is 7.33. The minimum absolute atomic E-state index is 0.0791. The first-order valence-corrected chi connectivity index (χ1v) is 16.1. The van der Waals surface area contributed by atoms with Crippen LogP contribution in [0.2, 0.25) is 0 Å². The van der Waals surface area contributed by atoms with Crippen molar-refractivity contribution in [3.8, 4) is 11.5 Å². The zero-order valence-electron chi connectivity index (χ0n) is 21.9. The number of methoxy groups -OCH3 is 1. The van der Waals surface area contributed by atoms with E-state index in [0.29, 0.717) is 54.9 Å². The maximum Gasteiger partial charge on any atom is 0.264 e. The molecule has 0 aliphatic carbocycles. The first-order valence-electron chi connectivity index (χ1n) is 12.2. The van der Waals surface area contributed by atoms with Gasteiger partial charge in [0.05, 0.1) is 49.5 Å². The van der Waals surface area contributed by atoms with Crippen LogP contribution < -0.4 is 9.47 Å². The minimum atomic E-state index is -3.60. The standard InChI is InChI=1S/C26H33NO9S2/c1-5-35-23-16-19(13-14-22(23)34-2)21(17-37(3,30)31)27-25(28)20-12-9-11-18(24(20)26(27)29)10-7-6-8-15-36-38(4,32)33/h9,11-14,16,21H,5-8,10,15,17H2,1-4H3/t21-/m1/s1. The van der Waals surface area contributed by atoms with Gasteiger partial charge in [-0.1, -0.05) is 24.6 Å². The monoisotopic (exact) mass is 567 g/mol. The van der Waals surface area contributed by atoms with Gasteiger partial charge in [0, 0.05) is 6.26 Å². The molecule has 0 spiro atoms. The van der Waals surface area contributed by atoms with Crippen LogP contribution in [-0.4, -0.2) is 72.1 Å². The van der Waals surface area contributed by atoms with Crippen LogP contribution in [0.15, 0.2) is 36.4 Å². The van der Waals surface area contributed by atoms with Crippen LogP contribution in [0.1, 0.15) is 64.1 Å². The number of hydrogen-bond donors (Lipinski definition) is 0. The summed E-state index contributed by atoms with van der Waals surface area (Å²) in [5, 5.41) is 0. The summed E-state index contributed by atoms with van der Waals surface area (Å²) in [5.74, 6) is -0.742. The highest BCUT2D eigenvalue weighted by molar-refractivity contribution is 7.90. The van der Waals surface area contributed by atoms with E-state index < -0.39 is 43.6 Å². The summed E-state index contributed by atoms with van der Waals surface area (Å²) < 4.78 is 62.7. The summed E-state index contributed by atoms with van der Waals surface area (Å²) in [6, 6.07) is 8.81. The van der Waals surface area contributed by atoms with Gasteiger partial charge in [-0.05, 0) is 55.5 Å². The van der Waals surface area contributed by atoms with Crippen molar-refractivity contribution in [2.24, 2.45) is 0 Å². The van der Waals surface area contributed by atoms with Crippen molar-refractivity contribution in [3.05, 3.63) is 58.7 Å². The number of carbonyl (C=O) groups excluding carboxylic acids is 2. The Hall–Kier alpha value is -2.96. The molecule has 2 aromatic rings. The molecule has 12 heteroatoms. The Kier molecular flexibility index (Phi) is 9.55. The molecule has 2 aromatic carbocycles. The summed E-state index contributed by atoms with van der Waals surface area (Å²) in [4.78, 5) is 28.2. The van der Waals surface area contributed by atoms with E-state index in [2.05, 4.69) is 0 Å². The predicted octanol–water partition coefficient (Wildman–Crippen LogP) is 3.16. The Morgan fingerprint density at radius 3 is 2.29 bits per heavy atom. The van der Waals surface area contributed by atoms with Gasteiger partial charge in [0.25, 0.3) is 21.9 Å². The lowest BCUT2D eigenvalue weighted by atomic mass is 9.98. The van der Waals surface area contributed by atoms with Crippen LogP contribution in [0.4, 0.5) is 0 Å². The van der Waals surface area contributed by atoms with Gasteiger partial charge in [0.15, 0.2) is 11.5 Å². The zero-order chi connectivity index (χ0) is 28.1. The SMILES string of the molecule is CCOc1cc([C@@H](CS(C)(=O)=O)N2C(=O)c3cccc(CCCCCOS(C)(=O)=O)c3C2=O)ccc1OC. The van der Waals surface area contributed by atoms with Gasteiger partial charge in [0.2, 0.25) is 0 Å². The van der Waals surface area contributed by atoms with Crippen LogP contribution >= 0.6 is 0 Å². The van der Waals surface area contributed by atoms with Gasteiger partial charge in [0.1, 0.15) is 9.84 Å². The van der Waals surface area contributed by atoms with Crippen molar-refractivity contribution in [2.45, 2.75) is 38.6 Å². The zero-order valence-corrected chi connectivity index (χ0v) is 23.6. The van der Waals surface area contributed by atoms with Crippen LogP contribution in [0, 0.1) is 0 Å². The number of fused-ring (bicyclic) bond motifs is 1. The summed E-state index contributed by atoms with van der Waals surface area (Å²) in [6.45, 7) is 2.22. The number of ether oxygens (including phenoxy) is 2. The third-order valence-corrected chi connectivity index (χ3v) is 7.58. The summed E-state index contributed by atoms with van der Waals surface area (Å²) >= 11 is 0. The Balaban J connectivity index is 1.89. The summed E-state index contributed by atoms with van der Waals surface area (Å²) in [7, 11) is -5.61. The molecule has 0 aromatic heterocycles. The minimum Gasteiger partial charge on any atom is -0.493 e. The fourth-order valence-corrected chi connectivity index (χ4v) is 5.78. The molecule has 0 saturated carbocycles. The van der Waals surface area contributed by atoms with Crippen molar-refractivity contribution in [1.29, 1.82) is 0 Å². The van der Waals surface area contributed by atoms with Crippen LogP contribution in [0.25, 0.3) is 0 Å². The van der Waals surface area contributed by atoms with Crippen molar-refractivity contribution in [1.82, 2.24) is 4.90 Å². The first kappa shape index (κ1) is 29.6. The van der Waals surface area contributed by atoms with E-state index in [1.54, 1.807) is 43.3 Å². The van der Waals surface area contributed by atoms with Gasteiger partial charge in [-0.25, -0.2) is 8.42 Å². The average molecular weight is 568 g/mol. The van der Waals surface area contributed by atoms with Crippen LogP contribution in [0.5, 0.6) is 11.5 Å². The second kappa shape index (κ2) is 12.3. The molecule has 2 amide bonds. The Morgan fingerprint density at radius 2 is 1.66 bits per heavy atom. The molecule has 1 atom stereocenters. The fourth-order valence-electron chi connectivity index (χ4n) is 4.44. The van der Waals surface area contributed by atoms with Crippen LogP contribution in [-0.2, 0) is 30.6 Å². The highest BCUT2D eigenvalue weighted by Gasteiger charge is 2.43. The molecule has 0 N–H and O–H groups in total. The molecule has 0 unspecified atom stereocenters. The number of imide groups is 1. The second-order valence-corrected chi connectivity index (χ2v) is 12.9. The number of benzene rings is 2. The van der Waals surface area contributed by atoms with E-state index in [-0.39, 0.29) is 17.7 Å². The first-order chi connectivity index (χ1) is 17.9. The molecule has 10 nitrogen and oxygen atoms in total. The number of amides is 2. The molecule has 1 aliphatic heterocycles. The molecule has 0 fully saturated rings. The molecule has 38 heavy (non-hydrogen) atoms. The number of rotatable bonds is 14. The van der Waals surface area contributed by atoms with Gasteiger partial charge in [-0.15, -0.1) is 0 Å². The lowest BCUT2D eigenvalue weighted by Gasteiger charge is -2.27. The maximum atomic E-state index is 13.7. The number of unbranched alkanes of at least 4 members (excludes halogenated alkanes) is 2. The van der Waals surface area contributed by atoms with Gasteiger partial charge >= 0.3 is 0 Å². The highest BCUT2D eigenvalue weighted by atomic mass is 32.2. The van der Waals surface area contributed by atoms with Crippen molar-refractivity contribution < 1.29 is 40.1 Å². The molecule has 0 bridgehead atoms. The molecule has 1 heterocycles. The van der Waals surface area contributed by atoms with Crippen molar-refractivity contribution in [3.63, 3.8) is 0 Å². The third-order valence-electron chi connectivity index (χ3n) is 6.07. The number of carbonyl (C=O) groups is 2. The number of nitrogens with zero attached hydrogens (tertiary/aromatic N) is 1. The van der Waals surface area contributed by atoms with Crippen molar-refractivity contribution in [2.75, 3.05) is 38.6 Å². The maximum absolute atomic E-state index is 13.7. The van der Waals surface area contributed by atoms with E-state index >= 15 is 0 Å². The van der Waals surface area contributed by atoms with Gasteiger partial charge < -0.3 is 9.47 Å². The molecule has 0 saturated heterocycles. The largest absolute Gasteiger partial charge is 0.493 e. The van der Waals surface area contributed by atoms with Crippen molar-refractivity contribution >= 4 is 31.8 Å². The number of aryl methyl sites for hydroxylation is 1. The lowest BCUT2D eigenvalue weighted by molar-refractivity contribution is 0.0597. The summed E-state index contributed by atoms with van der Waals surface area (Å²) in [6.07, 6.45) is 4.38. The van der Waals surface area contributed by atoms with Gasteiger partial charge in [-0.3, -0.25) is 18.7 Å². The molecular weight excluding hydrogens is 534 g/mol. The van der Waals surface area contributed by atoms with E-state index in [4.69, 9.17) is 13.7 Å². The molecule has 208 valence electrons. The molecule has 0 radical (unpaired) electrons. The smallest absolute Gasteiger partial charge is 0.264 e. The molecule has 3 rings (SSSR count). The lowest BCUT2D eigenvalue weighted by Crippen LogP contribution is -2.37. The summed E-state index contributed by atoms with van der Waals surface area (Å²) in [5.41, 5.74) is 1.60. The van der Waals surface area contributed by atoms with Crippen LogP contribution in [0.3, 0.4) is 0 Å². The topological polar surface area (TPSA) is 133 Å². The molecular formula is C26H33NO9S2. The van der Waals surface area contributed by atoms with E-state index in [0.717, 1.165) is 17.4 Å². The van der Waals surface area contributed by atoms with E-state index in [9.17, 15) is 26.4 Å². The highest BCUT2D eigenvalue weighted by Crippen LogP contribution is 2.37. The number of sulfone groups is 1. The Morgan fingerprint density at radius 1 is 0.921 bits per heavy atom. The van der Waals surface area contributed by atoms with E-state index in [1.165, 1.54) is 7.11 Å². The molecule has 1 aliphatic rings. The normalized spacial score (nSPS) is 14.5. The quantitative estimate of drug-likeness (QED) is 0.192. The fraction of sp³-hybridized carbons (Fsp3) is 0.462. The Labute approximate surface area is 223 Å².